The third-order valence-electron chi connectivity index (χ3n) is 4.08. The van der Waals surface area contributed by atoms with Crippen molar-refractivity contribution in [1.82, 2.24) is 10.2 Å². The summed E-state index contributed by atoms with van der Waals surface area (Å²) in [5, 5.41) is 28.2. The molecule has 0 spiro atoms. The average Bonchev–Trinajstić information content (AvgIpc) is 3.22. The lowest BCUT2D eigenvalue weighted by atomic mass is 10.0. The minimum atomic E-state index is -0.675. The first kappa shape index (κ1) is 19.3. The van der Waals surface area contributed by atoms with E-state index >= 15 is 0 Å². The highest BCUT2D eigenvalue weighted by Gasteiger charge is 2.39. The lowest BCUT2D eigenvalue weighted by Crippen LogP contribution is -2.11. The zero-order chi connectivity index (χ0) is 19.6. The van der Waals surface area contributed by atoms with E-state index in [1.54, 1.807) is 24.3 Å². The molecule has 1 fully saturated rings. The van der Waals surface area contributed by atoms with Crippen LogP contribution < -0.4 is 4.74 Å². The van der Waals surface area contributed by atoms with Crippen LogP contribution in [0.3, 0.4) is 0 Å². The van der Waals surface area contributed by atoms with Gasteiger partial charge in [-0.15, -0.1) is 28.1 Å². The normalized spacial score (nSPS) is 18.3. The molecule has 2 heterocycles. The van der Waals surface area contributed by atoms with Gasteiger partial charge in [-0.1, -0.05) is 24.8 Å². The van der Waals surface area contributed by atoms with Gasteiger partial charge in [0.25, 0.3) is 0 Å². The molecule has 1 aliphatic rings. The van der Waals surface area contributed by atoms with E-state index in [1.165, 1.54) is 18.4 Å². The number of hydrogen-bond donors (Lipinski definition) is 2. The summed E-state index contributed by atoms with van der Waals surface area (Å²) in [6, 6.07) is 3.46. The van der Waals surface area contributed by atoms with E-state index in [0.29, 0.717) is 27.6 Å². The van der Waals surface area contributed by atoms with Gasteiger partial charge < -0.3 is 9.84 Å². The zero-order valence-electron chi connectivity index (χ0n) is 15.0. The lowest BCUT2D eigenvalue weighted by molar-refractivity contribution is -0.114. The Morgan fingerprint density at radius 2 is 2.19 bits per heavy atom. The second-order valence-electron chi connectivity index (χ2n) is 5.88. The van der Waals surface area contributed by atoms with E-state index in [2.05, 4.69) is 16.8 Å². The molecule has 1 atom stereocenters. The zero-order valence-corrected chi connectivity index (χ0v) is 16.6. The van der Waals surface area contributed by atoms with Crippen molar-refractivity contribution < 1.29 is 14.6 Å². The van der Waals surface area contributed by atoms with E-state index in [9.17, 15) is 9.90 Å². The predicted molar refractivity (Wildman–Crippen MR) is 109 cm³/mol. The standard InChI is InChI=1S/C19H19N3O3S2/c1-4-6-11-7-10(8-12(25-3)16(11)23)9-13-17(24)15(18(20)26-13)19-22-21-14(5-2)27-19/h4,7-9,15,20,23H,1,5-6H2,2-3H3/b13-9-,20-18?/t15-/m1/s1. The summed E-state index contributed by atoms with van der Waals surface area (Å²) in [6.45, 7) is 5.67. The van der Waals surface area contributed by atoms with Crippen molar-refractivity contribution in [2.75, 3.05) is 7.11 Å². The molecule has 1 aromatic heterocycles. The molecule has 0 bridgehead atoms. The summed E-state index contributed by atoms with van der Waals surface area (Å²) in [4.78, 5) is 13.3. The molecule has 1 aromatic carbocycles. The van der Waals surface area contributed by atoms with Crippen LogP contribution in [-0.4, -0.2) is 33.2 Å². The molecule has 2 N–H and O–H groups in total. The minimum absolute atomic E-state index is 0.0662. The number of hydrogen-bond acceptors (Lipinski definition) is 8. The van der Waals surface area contributed by atoms with Crippen LogP contribution in [0, 0.1) is 5.41 Å². The van der Waals surface area contributed by atoms with Gasteiger partial charge in [-0.2, -0.15) is 0 Å². The number of carbonyl (C=O) groups is 1. The SMILES string of the molecule is C=CCc1cc(/C=C2\SC(=N)[C@H](c3nnc(CC)s3)C2=O)cc(OC)c1O. The van der Waals surface area contributed by atoms with Gasteiger partial charge in [-0.3, -0.25) is 10.2 Å². The summed E-state index contributed by atoms with van der Waals surface area (Å²) in [7, 11) is 1.48. The van der Waals surface area contributed by atoms with E-state index in [4.69, 9.17) is 10.1 Å². The van der Waals surface area contributed by atoms with E-state index < -0.39 is 5.92 Å². The summed E-state index contributed by atoms with van der Waals surface area (Å²) >= 11 is 2.51. The number of nitrogens with zero attached hydrogens (tertiary/aromatic N) is 2. The molecule has 3 rings (SSSR count). The molecule has 0 aliphatic carbocycles. The number of aromatic hydroxyl groups is 1. The Balaban J connectivity index is 1.96. The number of ether oxygens (including phenoxy) is 1. The van der Waals surface area contributed by atoms with Gasteiger partial charge in [0.2, 0.25) is 0 Å². The molecule has 27 heavy (non-hydrogen) atoms. The summed E-state index contributed by atoms with van der Waals surface area (Å²) in [5.74, 6) is -0.427. The summed E-state index contributed by atoms with van der Waals surface area (Å²) in [6.07, 6.45) is 4.63. The largest absolute Gasteiger partial charge is 0.504 e. The van der Waals surface area contributed by atoms with Gasteiger partial charge >= 0.3 is 0 Å². The Labute approximate surface area is 165 Å². The van der Waals surface area contributed by atoms with Crippen molar-refractivity contribution in [1.29, 1.82) is 5.41 Å². The topological polar surface area (TPSA) is 96.2 Å². The molecule has 140 valence electrons. The molecule has 0 unspecified atom stereocenters. The third kappa shape index (κ3) is 3.81. The minimum Gasteiger partial charge on any atom is -0.504 e. The fourth-order valence-electron chi connectivity index (χ4n) is 2.73. The first-order valence-electron chi connectivity index (χ1n) is 8.33. The van der Waals surface area contributed by atoms with Gasteiger partial charge in [0.05, 0.1) is 17.1 Å². The van der Waals surface area contributed by atoms with Gasteiger partial charge in [-0.25, -0.2) is 0 Å². The number of phenols is 1. The average molecular weight is 402 g/mol. The van der Waals surface area contributed by atoms with Gasteiger partial charge in [0, 0.05) is 5.56 Å². The summed E-state index contributed by atoms with van der Waals surface area (Å²) < 4.78 is 5.23. The van der Waals surface area contributed by atoms with Crippen LogP contribution in [0.5, 0.6) is 11.5 Å². The van der Waals surface area contributed by atoms with Crippen LogP contribution >= 0.6 is 23.1 Å². The van der Waals surface area contributed by atoms with Gasteiger partial charge in [0.15, 0.2) is 17.3 Å². The number of aromatic nitrogens is 2. The molecular formula is C19H19N3O3S2. The number of methoxy groups -OCH3 is 1. The molecule has 0 radical (unpaired) electrons. The number of benzene rings is 1. The Bertz CT molecular complexity index is 950. The first-order valence-corrected chi connectivity index (χ1v) is 9.97. The molecule has 6 nitrogen and oxygen atoms in total. The molecule has 0 saturated carbocycles. The molecule has 8 heteroatoms. The van der Waals surface area contributed by atoms with Crippen LogP contribution in [0.1, 0.15) is 34.0 Å². The highest BCUT2D eigenvalue weighted by Crippen LogP contribution is 2.42. The fraction of sp³-hybridized carbons (Fsp3) is 0.263. The molecule has 1 aliphatic heterocycles. The lowest BCUT2D eigenvalue weighted by Gasteiger charge is -2.09. The Morgan fingerprint density at radius 3 is 2.81 bits per heavy atom. The van der Waals surface area contributed by atoms with Crippen LogP contribution in [0.15, 0.2) is 29.7 Å². The maximum absolute atomic E-state index is 12.9. The molecule has 0 amide bonds. The van der Waals surface area contributed by atoms with Crippen molar-refractivity contribution >= 4 is 40.0 Å². The summed E-state index contributed by atoms with van der Waals surface area (Å²) in [5.41, 5.74) is 1.38. The van der Waals surface area contributed by atoms with Gasteiger partial charge in [-0.05, 0) is 36.6 Å². The fourth-order valence-corrected chi connectivity index (χ4v) is 4.68. The first-order chi connectivity index (χ1) is 13.0. The third-order valence-corrected chi connectivity index (χ3v) is 6.20. The quantitative estimate of drug-likeness (QED) is 0.562. The van der Waals surface area contributed by atoms with E-state index in [0.717, 1.165) is 28.8 Å². The number of carbonyl (C=O) groups excluding carboxylic acids is 1. The van der Waals surface area contributed by atoms with Crippen molar-refractivity contribution in [2.45, 2.75) is 25.7 Å². The number of phenolic OH excluding ortho intramolecular Hbond substituents is 1. The second-order valence-corrected chi connectivity index (χ2v) is 8.06. The maximum Gasteiger partial charge on any atom is 0.186 e. The van der Waals surface area contributed by atoms with Gasteiger partial charge in [0.1, 0.15) is 15.9 Å². The highest BCUT2D eigenvalue weighted by atomic mass is 32.2. The van der Waals surface area contributed by atoms with Crippen molar-refractivity contribution in [3.63, 3.8) is 0 Å². The second kappa shape index (κ2) is 8.06. The Hall–Kier alpha value is -2.45. The number of thioether (sulfide) groups is 1. The number of rotatable bonds is 6. The number of aryl methyl sites for hydroxylation is 1. The van der Waals surface area contributed by atoms with Crippen LogP contribution in [0.2, 0.25) is 0 Å². The highest BCUT2D eigenvalue weighted by molar-refractivity contribution is 8.19. The van der Waals surface area contributed by atoms with Crippen LogP contribution in [-0.2, 0) is 17.6 Å². The van der Waals surface area contributed by atoms with Crippen molar-refractivity contribution in [3.05, 3.63) is 50.8 Å². The number of ketones is 1. The monoisotopic (exact) mass is 401 g/mol. The predicted octanol–water partition coefficient (Wildman–Crippen LogP) is 3.96. The molecule has 1 saturated heterocycles. The molecular weight excluding hydrogens is 382 g/mol. The van der Waals surface area contributed by atoms with E-state index in [-0.39, 0.29) is 16.6 Å². The van der Waals surface area contributed by atoms with E-state index in [1.807, 2.05) is 6.92 Å². The number of allylic oxidation sites excluding steroid dienone is 2. The number of Topliss-reactive ketones (excluding diaryl/α,β-unsaturated/α-hetero) is 1. The van der Waals surface area contributed by atoms with Crippen molar-refractivity contribution in [2.24, 2.45) is 0 Å². The molecule has 2 aromatic rings. The van der Waals surface area contributed by atoms with Crippen LogP contribution in [0.4, 0.5) is 0 Å². The number of nitrogens with one attached hydrogen (secondary N) is 1. The van der Waals surface area contributed by atoms with Crippen LogP contribution in [0.25, 0.3) is 6.08 Å². The maximum atomic E-state index is 12.9. The Morgan fingerprint density at radius 1 is 1.41 bits per heavy atom. The smallest absolute Gasteiger partial charge is 0.186 e. The van der Waals surface area contributed by atoms with Crippen molar-refractivity contribution in [3.8, 4) is 11.5 Å². The Kier molecular flexibility index (Phi) is 5.76.